The number of rotatable bonds is 6. The van der Waals surface area contributed by atoms with Crippen molar-refractivity contribution in [3.63, 3.8) is 0 Å². The number of halogens is 2. The zero-order chi connectivity index (χ0) is 15.2. The van der Waals surface area contributed by atoms with E-state index in [1.54, 1.807) is 0 Å². The molecule has 3 nitrogen and oxygen atoms in total. The van der Waals surface area contributed by atoms with Crippen LogP contribution in [-0.2, 0) is 0 Å². The lowest BCUT2D eigenvalue weighted by molar-refractivity contribution is 0.117. The lowest BCUT2D eigenvalue weighted by Gasteiger charge is -2.15. The van der Waals surface area contributed by atoms with Crippen molar-refractivity contribution in [2.75, 3.05) is 18.5 Å². The molecule has 0 spiro atoms. The zero-order valence-corrected chi connectivity index (χ0v) is 12.4. The number of benzene rings is 2. The van der Waals surface area contributed by atoms with Gasteiger partial charge in [-0.1, -0.05) is 23.7 Å². The van der Waals surface area contributed by atoms with Crippen molar-refractivity contribution in [2.45, 2.75) is 13.0 Å². The number of aliphatic hydroxyl groups is 1. The van der Waals surface area contributed by atoms with Crippen molar-refractivity contribution in [3.8, 4) is 5.75 Å². The molecule has 1 atom stereocenters. The maximum Gasteiger partial charge on any atom is 0.125 e. The van der Waals surface area contributed by atoms with Crippen LogP contribution in [0.4, 0.5) is 10.1 Å². The molecule has 112 valence electrons. The Morgan fingerprint density at radius 2 is 2.10 bits per heavy atom. The van der Waals surface area contributed by atoms with Crippen molar-refractivity contribution >= 4 is 17.3 Å². The second kappa shape index (κ2) is 7.29. The van der Waals surface area contributed by atoms with Gasteiger partial charge in [0, 0.05) is 6.54 Å². The molecule has 0 aliphatic heterocycles. The van der Waals surface area contributed by atoms with E-state index in [0.29, 0.717) is 16.5 Å². The molecule has 0 radical (unpaired) electrons. The van der Waals surface area contributed by atoms with Crippen LogP contribution in [0.3, 0.4) is 0 Å². The third-order valence-corrected chi connectivity index (χ3v) is 3.22. The standard InChI is InChI=1S/C16H17ClFNO2/c1-11-3-2-4-14(7-11)21-10-13(20)9-19-16-8-12(18)5-6-15(16)17/h2-8,13,19-20H,9-10H2,1H3. The number of hydrogen-bond donors (Lipinski definition) is 2. The van der Waals surface area contributed by atoms with Gasteiger partial charge in [0.2, 0.25) is 0 Å². The normalized spacial score (nSPS) is 12.0. The van der Waals surface area contributed by atoms with E-state index in [1.165, 1.54) is 18.2 Å². The first-order valence-electron chi connectivity index (χ1n) is 6.61. The zero-order valence-electron chi connectivity index (χ0n) is 11.6. The third kappa shape index (κ3) is 4.92. The average molecular weight is 310 g/mol. The molecular weight excluding hydrogens is 293 g/mol. The van der Waals surface area contributed by atoms with Gasteiger partial charge in [-0.25, -0.2) is 4.39 Å². The molecule has 0 aliphatic carbocycles. The Morgan fingerprint density at radius 3 is 2.86 bits per heavy atom. The molecule has 2 aromatic rings. The summed E-state index contributed by atoms with van der Waals surface area (Å²) in [7, 11) is 0. The van der Waals surface area contributed by atoms with Crippen LogP contribution in [0.5, 0.6) is 5.75 Å². The third-order valence-electron chi connectivity index (χ3n) is 2.89. The minimum absolute atomic E-state index is 0.142. The van der Waals surface area contributed by atoms with Crippen molar-refractivity contribution in [2.24, 2.45) is 0 Å². The quantitative estimate of drug-likeness (QED) is 0.856. The van der Waals surface area contributed by atoms with Crippen molar-refractivity contribution in [1.29, 1.82) is 0 Å². The Hall–Kier alpha value is -1.78. The lowest BCUT2D eigenvalue weighted by Crippen LogP contribution is -2.26. The molecule has 0 saturated heterocycles. The molecule has 0 aromatic heterocycles. The number of aryl methyl sites for hydroxylation is 1. The SMILES string of the molecule is Cc1cccc(OCC(O)CNc2cc(F)ccc2Cl)c1. The number of hydrogen-bond acceptors (Lipinski definition) is 3. The second-order valence-corrected chi connectivity index (χ2v) is 5.19. The van der Waals surface area contributed by atoms with Crippen LogP contribution < -0.4 is 10.1 Å². The smallest absolute Gasteiger partial charge is 0.125 e. The summed E-state index contributed by atoms with van der Waals surface area (Å²) in [6.07, 6.45) is -0.732. The molecule has 0 aliphatic rings. The Bertz CT molecular complexity index is 607. The van der Waals surface area contributed by atoms with E-state index >= 15 is 0 Å². The number of ether oxygens (including phenoxy) is 1. The summed E-state index contributed by atoms with van der Waals surface area (Å²) in [4.78, 5) is 0. The van der Waals surface area contributed by atoms with Gasteiger partial charge in [0.1, 0.15) is 24.3 Å². The summed E-state index contributed by atoms with van der Waals surface area (Å²) >= 11 is 5.93. The molecule has 0 bridgehead atoms. The summed E-state index contributed by atoms with van der Waals surface area (Å²) < 4.78 is 18.6. The molecule has 0 fully saturated rings. The monoisotopic (exact) mass is 309 g/mol. The number of aliphatic hydroxyl groups excluding tert-OH is 1. The minimum Gasteiger partial charge on any atom is -0.491 e. The van der Waals surface area contributed by atoms with Crippen LogP contribution in [-0.4, -0.2) is 24.4 Å². The number of nitrogens with one attached hydrogen (secondary N) is 1. The fourth-order valence-electron chi connectivity index (χ4n) is 1.82. The van der Waals surface area contributed by atoms with Gasteiger partial charge < -0.3 is 15.2 Å². The first-order chi connectivity index (χ1) is 10.0. The highest BCUT2D eigenvalue weighted by Crippen LogP contribution is 2.22. The van der Waals surface area contributed by atoms with E-state index in [4.69, 9.17) is 16.3 Å². The highest BCUT2D eigenvalue weighted by Gasteiger charge is 2.08. The van der Waals surface area contributed by atoms with Gasteiger partial charge in [0.25, 0.3) is 0 Å². The first kappa shape index (κ1) is 15.6. The van der Waals surface area contributed by atoms with E-state index in [-0.39, 0.29) is 19.0 Å². The predicted octanol–water partition coefficient (Wildman–Crippen LogP) is 3.64. The van der Waals surface area contributed by atoms with Gasteiger partial charge >= 0.3 is 0 Å². The van der Waals surface area contributed by atoms with Gasteiger partial charge in [0.05, 0.1) is 10.7 Å². The largest absolute Gasteiger partial charge is 0.491 e. The fraction of sp³-hybridized carbons (Fsp3) is 0.250. The van der Waals surface area contributed by atoms with Gasteiger partial charge in [-0.2, -0.15) is 0 Å². The molecule has 21 heavy (non-hydrogen) atoms. The molecule has 1 unspecified atom stereocenters. The highest BCUT2D eigenvalue weighted by atomic mass is 35.5. The molecule has 5 heteroatoms. The molecule has 0 amide bonds. The van der Waals surface area contributed by atoms with Crippen LogP contribution >= 0.6 is 11.6 Å². The maximum absolute atomic E-state index is 13.1. The van der Waals surface area contributed by atoms with Gasteiger partial charge in [-0.3, -0.25) is 0 Å². The topological polar surface area (TPSA) is 41.5 Å². The van der Waals surface area contributed by atoms with E-state index in [1.807, 2.05) is 31.2 Å². The summed E-state index contributed by atoms with van der Waals surface area (Å²) in [5, 5.41) is 13.2. The minimum atomic E-state index is -0.732. The van der Waals surface area contributed by atoms with Gasteiger partial charge in [0.15, 0.2) is 0 Å². The maximum atomic E-state index is 13.1. The Kier molecular flexibility index (Phi) is 5.42. The first-order valence-corrected chi connectivity index (χ1v) is 6.99. The Balaban J connectivity index is 1.82. The fourth-order valence-corrected chi connectivity index (χ4v) is 2.00. The predicted molar refractivity (Wildman–Crippen MR) is 82.6 cm³/mol. The van der Waals surface area contributed by atoms with Crippen LogP contribution in [0.2, 0.25) is 5.02 Å². The van der Waals surface area contributed by atoms with Gasteiger partial charge in [-0.15, -0.1) is 0 Å². The van der Waals surface area contributed by atoms with E-state index in [2.05, 4.69) is 5.32 Å². The number of anilines is 1. The van der Waals surface area contributed by atoms with Crippen LogP contribution in [0.15, 0.2) is 42.5 Å². The highest BCUT2D eigenvalue weighted by molar-refractivity contribution is 6.33. The van der Waals surface area contributed by atoms with Crippen molar-refractivity contribution in [3.05, 3.63) is 58.9 Å². The molecule has 0 saturated carbocycles. The second-order valence-electron chi connectivity index (χ2n) is 4.79. The molecule has 0 heterocycles. The van der Waals surface area contributed by atoms with Crippen LogP contribution in [0, 0.1) is 12.7 Å². The summed E-state index contributed by atoms with van der Waals surface area (Å²) in [5.74, 6) is 0.324. The average Bonchev–Trinajstić information content (AvgIpc) is 2.46. The van der Waals surface area contributed by atoms with E-state index in [9.17, 15) is 9.50 Å². The van der Waals surface area contributed by atoms with Crippen LogP contribution in [0.1, 0.15) is 5.56 Å². The van der Waals surface area contributed by atoms with Crippen molar-refractivity contribution < 1.29 is 14.2 Å². The Morgan fingerprint density at radius 1 is 1.29 bits per heavy atom. The Labute approximate surface area is 128 Å². The lowest BCUT2D eigenvalue weighted by atomic mass is 10.2. The van der Waals surface area contributed by atoms with E-state index < -0.39 is 6.10 Å². The van der Waals surface area contributed by atoms with Crippen LogP contribution in [0.25, 0.3) is 0 Å². The summed E-state index contributed by atoms with van der Waals surface area (Å²) in [5.41, 5.74) is 1.54. The molecule has 2 rings (SSSR count). The molecule has 2 aromatic carbocycles. The summed E-state index contributed by atoms with van der Waals surface area (Å²) in [6, 6.07) is 11.6. The van der Waals surface area contributed by atoms with E-state index in [0.717, 1.165) is 5.56 Å². The van der Waals surface area contributed by atoms with Crippen molar-refractivity contribution in [1.82, 2.24) is 0 Å². The summed E-state index contributed by atoms with van der Waals surface area (Å²) in [6.45, 7) is 2.33. The molecular formula is C16H17ClFNO2. The van der Waals surface area contributed by atoms with Gasteiger partial charge in [-0.05, 0) is 42.8 Å². The molecule has 2 N–H and O–H groups in total.